The summed E-state index contributed by atoms with van der Waals surface area (Å²) in [6, 6.07) is 3.93. The minimum Gasteiger partial charge on any atom is -0.465 e. The van der Waals surface area contributed by atoms with Crippen LogP contribution in [0.3, 0.4) is 0 Å². The van der Waals surface area contributed by atoms with Crippen LogP contribution >= 0.6 is 15.9 Å². The number of hydrogen-bond acceptors (Lipinski definition) is 3. The van der Waals surface area contributed by atoms with E-state index in [-0.39, 0.29) is 17.1 Å². The second-order valence-corrected chi connectivity index (χ2v) is 5.53. The number of rotatable bonds is 6. The summed E-state index contributed by atoms with van der Waals surface area (Å²) < 4.78 is 56.3. The van der Waals surface area contributed by atoms with E-state index >= 15 is 0 Å². The van der Waals surface area contributed by atoms with Gasteiger partial charge in [-0.05, 0) is 31.2 Å². The molecule has 1 rings (SSSR count). The van der Waals surface area contributed by atoms with Crippen LogP contribution < -0.4 is 0 Å². The van der Waals surface area contributed by atoms with Gasteiger partial charge < -0.3 is 9.64 Å². The summed E-state index contributed by atoms with van der Waals surface area (Å²) in [4.78, 5) is 23.6. The molecule has 9 heteroatoms. The SMILES string of the molecule is CCOC(=O)CN(CC(F)(F)F)C(=O)/C=C/c1cc(Br)ccc1F. The highest BCUT2D eigenvalue weighted by molar-refractivity contribution is 9.10. The highest BCUT2D eigenvalue weighted by Gasteiger charge is 2.33. The number of carbonyl (C=O) groups excluding carboxylic acids is 2. The molecule has 24 heavy (non-hydrogen) atoms. The molecule has 0 spiro atoms. The Bertz CT molecular complexity index is 632. The number of hydrogen-bond donors (Lipinski definition) is 0. The zero-order valence-corrected chi connectivity index (χ0v) is 14.2. The molecule has 0 fully saturated rings. The van der Waals surface area contributed by atoms with Gasteiger partial charge in [-0.1, -0.05) is 15.9 Å². The van der Waals surface area contributed by atoms with Crippen molar-refractivity contribution < 1.29 is 31.9 Å². The van der Waals surface area contributed by atoms with Crippen LogP contribution in [0.1, 0.15) is 12.5 Å². The molecule has 1 aromatic carbocycles. The van der Waals surface area contributed by atoms with Gasteiger partial charge in [0.2, 0.25) is 5.91 Å². The van der Waals surface area contributed by atoms with E-state index in [0.29, 0.717) is 4.47 Å². The molecule has 0 aliphatic carbocycles. The average molecular weight is 412 g/mol. The first kappa shape index (κ1) is 20.1. The molecule has 0 heterocycles. The summed E-state index contributed by atoms with van der Waals surface area (Å²) in [7, 11) is 0. The van der Waals surface area contributed by atoms with Crippen molar-refractivity contribution in [2.75, 3.05) is 19.7 Å². The quantitative estimate of drug-likeness (QED) is 0.408. The highest BCUT2D eigenvalue weighted by Crippen LogP contribution is 2.19. The normalized spacial score (nSPS) is 11.6. The van der Waals surface area contributed by atoms with Crippen molar-refractivity contribution in [2.24, 2.45) is 0 Å². The maximum atomic E-state index is 13.6. The highest BCUT2D eigenvalue weighted by atomic mass is 79.9. The van der Waals surface area contributed by atoms with Gasteiger partial charge in [0.05, 0.1) is 6.61 Å². The predicted molar refractivity (Wildman–Crippen MR) is 82.4 cm³/mol. The van der Waals surface area contributed by atoms with Gasteiger partial charge in [0.25, 0.3) is 0 Å². The summed E-state index contributed by atoms with van der Waals surface area (Å²) in [6.45, 7) is -0.997. The Morgan fingerprint density at radius 3 is 2.58 bits per heavy atom. The zero-order chi connectivity index (χ0) is 18.3. The fourth-order valence-electron chi connectivity index (χ4n) is 1.70. The van der Waals surface area contributed by atoms with Gasteiger partial charge in [-0.25, -0.2) is 4.39 Å². The monoisotopic (exact) mass is 411 g/mol. The summed E-state index contributed by atoms with van der Waals surface area (Å²) in [5.74, 6) is -2.69. The van der Waals surface area contributed by atoms with E-state index in [2.05, 4.69) is 20.7 Å². The van der Waals surface area contributed by atoms with Crippen molar-refractivity contribution in [3.05, 3.63) is 40.1 Å². The van der Waals surface area contributed by atoms with Crippen LogP contribution in [-0.2, 0) is 14.3 Å². The molecular formula is C15H14BrF4NO3. The molecule has 0 aliphatic rings. The largest absolute Gasteiger partial charge is 0.465 e. The van der Waals surface area contributed by atoms with Gasteiger partial charge in [-0.3, -0.25) is 9.59 Å². The Hall–Kier alpha value is -1.90. The fraction of sp³-hybridized carbons (Fsp3) is 0.333. The van der Waals surface area contributed by atoms with Crippen LogP contribution in [0.5, 0.6) is 0 Å². The molecule has 0 unspecified atom stereocenters. The van der Waals surface area contributed by atoms with E-state index in [9.17, 15) is 27.2 Å². The van der Waals surface area contributed by atoms with Crippen LogP contribution in [0.15, 0.2) is 28.7 Å². The lowest BCUT2D eigenvalue weighted by atomic mass is 10.2. The van der Waals surface area contributed by atoms with E-state index in [1.54, 1.807) is 0 Å². The minimum atomic E-state index is -4.68. The maximum absolute atomic E-state index is 13.6. The summed E-state index contributed by atoms with van der Waals surface area (Å²) in [5, 5.41) is 0. The number of amides is 1. The fourth-order valence-corrected chi connectivity index (χ4v) is 2.08. The van der Waals surface area contributed by atoms with Gasteiger partial charge in [0.15, 0.2) is 0 Å². The number of benzene rings is 1. The third kappa shape index (κ3) is 7.12. The summed E-state index contributed by atoms with van der Waals surface area (Å²) in [5.41, 5.74) is 0.0146. The molecule has 132 valence electrons. The molecule has 0 radical (unpaired) electrons. The van der Waals surface area contributed by atoms with Crippen molar-refractivity contribution in [1.82, 2.24) is 4.90 Å². The van der Waals surface area contributed by atoms with Crippen molar-refractivity contribution in [3.63, 3.8) is 0 Å². The lowest BCUT2D eigenvalue weighted by Gasteiger charge is -2.21. The van der Waals surface area contributed by atoms with E-state index in [0.717, 1.165) is 18.2 Å². The van der Waals surface area contributed by atoms with E-state index in [1.165, 1.54) is 19.1 Å². The molecule has 4 nitrogen and oxygen atoms in total. The van der Waals surface area contributed by atoms with Crippen LogP contribution in [-0.4, -0.2) is 42.6 Å². The number of carbonyl (C=O) groups is 2. The second kappa shape index (κ2) is 8.81. The van der Waals surface area contributed by atoms with E-state index < -0.39 is 37.0 Å². The van der Waals surface area contributed by atoms with Crippen molar-refractivity contribution in [1.29, 1.82) is 0 Å². The van der Waals surface area contributed by atoms with Gasteiger partial charge in [-0.2, -0.15) is 13.2 Å². The molecule has 0 saturated carbocycles. The van der Waals surface area contributed by atoms with Gasteiger partial charge >= 0.3 is 12.1 Å². The number of ether oxygens (including phenoxy) is 1. The number of nitrogens with zero attached hydrogens (tertiary/aromatic N) is 1. The van der Waals surface area contributed by atoms with Crippen molar-refractivity contribution in [2.45, 2.75) is 13.1 Å². The van der Waals surface area contributed by atoms with Gasteiger partial charge in [-0.15, -0.1) is 0 Å². The Morgan fingerprint density at radius 2 is 2.00 bits per heavy atom. The number of alkyl halides is 3. The Morgan fingerprint density at radius 1 is 1.33 bits per heavy atom. The van der Waals surface area contributed by atoms with Gasteiger partial charge in [0.1, 0.15) is 18.9 Å². The molecule has 0 atom stereocenters. The Kier molecular flexibility index (Phi) is 7.40. The molecule has 0 aromatic heterocycles. The second-order valence-electron chi connectivity index (χ2n) is 4.61. The lowest BCUT2D eigenvalue weighted by Crippen LogP contribution is -2.41. The molecule has 0 bridgehead atoms. The van der Waals surface area contributed by atoms with Gasteiger partial charge in [0, 0.05) is 16.1 Å². The predicted octanol–water partition coefficient (Wildman–Crippen LogP) is 3.56. The van der Waals surface area contributed by atoms with E-state index in [4.69, 9.17) is 0 Å². The first-order chi connectivity index (χ1) is 11.1. The smallest absolute Gasteiger partial charge is 0.406 e. The average Bonchev–Trinajstić information content (AvgIpc) is 2.46. The summed E-state index contributed by atoms with van der Waals surface area (Å²) >= 11 is 3.12. The molecule has 1 aromatic rings. The van der Waals surface area contributed by atoms with Crippen LogP contribution in [0.4, 0.5) is 17.6 Å². The maximum Gasteiger partial charge on any atom is 0.406 e. The third-order valence-corrected chi connectivity index (χ3v) is 3.16. The topological polar surface area (TPSA) is 46.6 Å². The zero-order valence-electron chi connectivity index (χ0n) is 12.6. The van der Waals surface area contributed by atoms with E-state index in [1.807, 2.05) is 0 Å². The summed E-state index contributed by atoms with van der Waals surface area (Å²) in [6.07, 6.45) is -2.87. The first-order valence-electron chi connectivity index (χ1n) is 6.76. The van der Waals surface area contributed by atoms with Crippen molar-refractivity contribution >= 4 is 33.9 Å². The molecule has 1 amide bonds. The molecular weight excluding hydrogens is 398 g/mol. The first-order valence-corrected chi connectivity index (χ1v) is 7.56. The van der Waals surface area contributed by atoms with Crippen LogP contribution in [0.25, 0.3) is 6.08 Å². The lowest BCUT2D eigenvalue weighted by molar-refractivity contribution is -0.164. The Labute approximate surface area is 144 Å². The Balaban J connectivity index is 2.92. The van der Waals surface area contributed by atoms with Crippen LogP contribution in [0.2, 0.25) is 0 Å². The molecule has 0 saturated heterocycles. The number of halogens is 5. The molecule has 0 N–H and O–H groups in total. The van der Waals surface area contributed by atoms with Crippen LogP contribution in [0, 0.1) is 5.82 Å². The number of esters is 1. The third-order valence-electron chi connectivity index (χ3n) is 2.67. The standard InChI is InChI=1S/C15H14BrF4NO3/c1-2-24-14(23)8-21(9-15(18,19)20)13(22)6-3-10-7-11(16)4-5-12(10)17/h3-7H,2,8-9H2,1H3/b6-3+. The molecule has 0 aliphatic heterocycles. The van der Waals surface area contributed by atoms with Crippen molar-refractivity contribution in [3.8, 4) is 0 Å². The minimum absolute atomic E-state index is 0.0146.